The molecule has 5 nitrogen and oxygen atoms in total. The third-order valence-corrected chi connectivity index (χ3v) is 5.00. The number of benzene rings is 2. The number of nitrogens with one attached hydrogen (secondary N) is 1. The highest BCUT2D eigenvalue weighted by Crippen LogP contribution is 2.44. The lowest BCUT2D eigenvalue weighted by molar-refractivity contribution is 0.112. The van der Waals surface area contributed by atoms with Gasteiger partial charge in [-0.15, -0.1) is 0 Å². The zero-order valence-corrected chi connectivity index (χ0v) is 16.3. The van der Waals surface area contributed by atoms with Gasteiger partial charge in [0, 0.05) is 30.6 Å². The molecule has 0 radical (unpaired) electrons. The molecule has 0 saturated heterocycles. The van der Waals surface area contributed by atoms with Crippen LogP contribution in [0, 0.1) is 11.8 Å². The molecule has 0 atom stereocenters. The Morgan fingerprint density at radius 1 is 1.07 bits per heavy atom. The van der Waals surface area contributed by atoms with Crippen molar-refractivity contribution >= 4 is 12.4 Å². The monoisotopic (exact) mass is 396 g/mol. The smallest absolute Gasteiger partial charge is 0.407 e. The van der Waals surface area contributed by atoms with E-state index in [1.54, 1.807) is 18.3 Å². The number of ether oxygens (including phenoxy) is 1. The molecule has 1 N–H and O–H groups in total. The summed E-state index contributed by atoms with van der Waals surface area (Å²) >= 11 is 0. The van der Waals surface area contributed by atoms with Crippen molar-refractivity contribution in [2.24, 2.45) is 0 Å². The van der Waals surface area contributed by atoms with Crippen LogP contribution in [-0.4, -0.2) is 30.5 Å². The first-order valence-electron chi connectivity index (χ1n) is 9.75. The van der Waals surface area contributed by atoms with E-state index < -0.39 is 6.09 Å². The molecule has 1 amide bonds. The first kappa shape index (κ1) is 19.4. The second-order valence-electron chi connectivity index (χ2n) is 6.90. The summed E-state index contributed by atoms with van der Waals surface area (Å²) in [6.45, 7) is 0.658. The molecule has 0 aliphatic heterocycles. The number of amides is 1. The Bertz CT molecular complexity index is 1100. The molecule has 0 spiro atoms. The second-order valence-corrected chi connectivity index (χ2v) is 6.90. The highest BCUT2D eigenvalue weighted by molar-refractivity contribution is 5.79. The largest absolute Gasteiger partial charge is 0.449 e. The summed E-state index contributed by atoms with van der Waals surface area (Å²) in [6, 6.07) is 19.7. The lowest BCUT2D eigenvalue weighted by atomic mass is 9.98. The van der Waals surface area contributed by atoms with Crippen LogP contribution >= 0.6 is 0 Å². The van der Waals surface area contributed by atoms with Gasteiger partial charge in [-0.25, -0.2) is 9.78 Å². The highest BCUT2D eigenvalue weighted by atomic mass is 16.5. The topological polar surface area (TPSA) is 68.3 Å². The molecular weight excluding hydrogens is 376 g/mol. The molecule has 1 aliphatic rings. The molecule has 0 unspecified atom stereocenters. The molecule has 0 saturated carbocycles. The molecule has 2 aromatic carbocycles. The van der Waals surface area contributed by atoms with E-state index in [-0.39, 0.29) is 12.5 Å². The van der Waals surface area contributed by atoms with Crippen molar-refractivity contribution in [3.8, 4) is 23.0 Å². The van der Waals surface area contributed by atoms with Crippen LogP contribution in [0.1, 0.15) is 39.5 Å². The number of hydrogen-bond acceptors (Lipinski definition) is 4. The van der Waals surface area contributed by atoms with E-state index in [9.17, 15) is 9.59 Å². The number of nitrogens with zero attached hydrogens (tertiary/aromatic N) is 1. The lowest BCUT2D eigenvalue weighted by Gasteiger charge is -2.14. The van der Waals surface area contributed by atoms with E-state index in [1.807, 2.05) is 24.3 Å². The van der Waals surface area contributed by atoms with Crippen LogP contribution in [0.25, 0.3) is 11.1 Å². The summed E-state index contributed by atoms with van der Waals surface area (Å²) in [4.78, 5) is 27.0. The fourth-order valence-corrected chi connectivity index (χ4v) is 3.62. The predicted octanol–water partition coefficient (Wildman–Crippen LogP) is 4.17. The minimum Gasteiger partial charge on any atom is -0.449 e. The van der Waals surface area contributed by atoms with Gasteiger partial charge in [0.15, 0.2) is 0 Å². The van der Waals surface area contributed by atoms with Crippen molar-refractivity contribution in [1.82, 2.24) is 10.3 Å². The third-order valence-electron chi connectivity index (χ3n) is 5.00. The van der Waals surface area contributed by atoms with E-state index in [1.165, 1.54) is 22.3 Å². The fraction of sp³-hybridized carbons (Fsp3) is 0.160. The van der Waals surface area contributed by atoms with Gasteiger partial charge in [-0.1, -0.05) is 54.5 Å². The molecular formula is C25H20N2O3. The first-order chi connectivity index (χ1) is 14.8. The minimum absolute atomic E-state index is 0.0408. The van der Waals surface area contributed by atoms with Crippen LogP contribution in [-0.2, 0) is 4.74 Å². The lowest BCUT2D eigenvalue weighted by Crippen LogP contribution is -2.26. The van der Waals surface area contributed by atoms with Gasteiger partial charge in [-0.05, 0) is 40.3 Å². The summed E-state index contributed by atoms with van der Waals surface area (Å²) in [5, 5.41) is 2.72. The number of alkyl carbamates (subject to hydrolysis) is 1. The Labute approximate surface area is 175 Å². The van der Waals surface area contributed by atoms with Crippen molar-refractivity contribution in [1.29, 1.82) is 0 Å². The van der Waals surface area contributed by atoms with E-state index in [0.29, 0.717) is 24.2 Å². The van der Waals surface area contributed by atoms with Gasteiger partial charge < -0.3 is 10.1 Å². The van der Waals surface area contributed by atoms with E-state index in [4.69, 9.17) is 4.74 Å². The Morgan fingerprint density at radius 2 is 1.77 bits per heavy atom. The maximum atomic E-state index is 12.1. The SMILES string of the molecule is O=Cc1ccnc(C#CCCNC(=O)OCC2c3ccccc3-c3ccccc32)c1. The summed E-state index contributed by atoms with van der Waals surface area (Å²) in [5.41, 5.74) is 5.82. The van der Waals surface area contributed by atoms with Crippen molar-refractivity contribution in [3.05, 3.63) is 89.2 Å². The van der Waals surface area contributed by atoms with Crippen molar-refractivity contribution < 1.29 is 14.3 Å². The molecule has 148 valence electrons. The average molecular weight is 396 g/mol. The summed E-state index contributed by atoms with van der Waals surface area (Å²) in [6.07, 6.45) is 2.30. The zero-order chi connectivity index (χ0) is 20.8. The van der Waals surface area contributed by atoms with E-state index >= 15 is 0 Å². The van der Waals surface area contributed by atoms with Gasteiger partial charge in [0.1, 0.15) is 18.6 Å². The minimum atomic E-state index is -0.459. The Hall–Kier alpha value is -3.91. The van der Waals surface area contributed by atoms with Crippen LogP contribution in [0.15, 0.2) is 66.9 Å². The van der Waals surface area contributed by atoms with Crippen molar-refractivity contribution in [2.75, 3.05) is 13.2 Å². The Balaban J connectivity index is 1.29. The fourth-order valence-electron chi connectivity index (χ4n) is 3.62. The summed E-state index contributed by atoms with van der Waals surface area (Å²) in [7, 11) is 0. The molecule has 3 aromatic rings. The Kier molecular flexibility index (Phi) is 5.86. The number of fused-ring (bicyclic) bond motifs is 3. The number of hydrogen-bond donors (Lipinski definition) is 1. The summed E-state index contributed by atoms with van der Waals surface area (Å²) < 4.78 is 5.49. The third kappa shape index (κ3) is 4.23. The quantitative estimate of drug-likeness (QED) is 0.399. The number of carbonyl (C=O) groups is 2. The van der Waals surface area contributed by atoms with Crippen molar-refractivity contribution in [2.45, 2.75) is 12.3 Å². The van der Waals surface area contributed by atoms with E-state index in [2.05, 4.69) is 46.4 Å². The molecule has 1 aliphatic carbocycles. The number of rotatable bonds is 5. The zero-order valence-electron chi connectivity index (χ0n) is 16.3. The van der Waals surface area contributed by atoms with Gasteiger partial charge >= 0.3 is 6.09 Å². The first-order valence-corrected chi connectivity index (χ1v) is 9.75. The van der Waals surface area contributed by atoms with Gasteiger partial charge in [-0.3, -0.25) is 4.79 Å². The molecule has 0 fully saturated rings. The molecule has 4 rings (SSSR count). The van der Waals surface area contributed by atoms with Crippen LogP contribution < -0.4 is 5.32 Å². The van der Waals surface area contributed by atoms with Gasteiger partial charge in [0.25, 0.3) is 0 Å². The van der Waals surface area contributed by atoms with Crippen LogP contribution in [0.3, 0.4) is 0 Å². The maximum Gasteiger partial charge on any atom is 0.407 e. The molecule has 1 heterocycles. The average Bonchev–Trinajstić information content (AvgIpc) is 3.11. The van der Waals surface area contributed by atoms with Crippen molar-refractivity contribution in [3.63, 3.8) is 0 Å². The standard InChI is InChI=1S/C25H20N2O3/c28-16-18-12-14-26-19(15-18)7-5-6-13-27-25(29)30-17-24-22-10-3-1-8-20(22)21-9-2-4-11-23(21)24/h1-4,8-12,14-16,24H,6,13,17H2,(H,27,29). The maximum absolute atomic E-state index is 12.1. The highest BCUT2D eigenvalue weighted by Gasteiger charge is 2.28. The molecule has 0 bridgehead atoms. The molecule has 30 heavy (non-hydrogen) atoms. The van der Waals surface area contributed by atoms with E-state index in [0.717, 1.165) is 6.29 Å². The summed E-state index contributed by atoms with van der Waals surface area (Å²) in [5.74, 6) is 5.85. The van der Waals surface area contributed by atoms with Gasteiger partial charge in [0.2, 0.25) is 0 Å². The molecule has 1 aromatic heterocycles. The number of aldehydes is 1. The molecule has 5 heteroatoms. The number of carbonyl (C=O) groups excluding carboxylic acids is 2. The number of aromatic nitrogens is 1. The van der Waals surface area contributed by atoms with Gasteiger partial charge in [0.05, 0.1) is 0 Å². The Morgan fingerprint density at radius 3 is 2.47 bits per heavy atom. The second kappa shape index (κ2) is 9.06. The number of pyridine rings is 1. The predicted molar refractivity (Wildman–Crippen MR) is 114 cm³/mol. The van der Waals surface area contributed by atoms with Crippen LogP contribution in [0.2, 0.25) is 0 Å². The van der Waals surface area contributed by atoms with Crippen LogP contribution in [0.5, 0.6) is 0 Å². The van der Waals surface area contributed by atoms with Gasteiger partial charge in [-0.2, -0.15) is 0 Å². The van der Waals surface area contributed by atoms with Crippen LogP contribution in [0.4, 0.5) is 4.79 Å². The normalized spacial score (nSPS) is 11.6.